The molecule has 1 N–H and O–H groups in total. The summed E-state index contributed by atoms with van der Waals surface area (Å²) in [6, 6.07) is 5.93. The molecule has 0 saturated heterocycles. The number of nitrogens with zero attached hydrogens (tertiary/aromatic N) is 2. The maximum atomic E-state index is 13.0. The van der Waals surface area contributed by atoms with Crippen LogP contribution in [0.1, 0.15) is 44.5 Å². The van der Waals surface area contributed by atoms with Gasteiger partial charge in [0.15, 0.2) is 11.5 Å². The molecule has 1 aromatic heterocycles. The number of carbonyl (C=O) groups is 1. The highest BCUT2D eigenvalue weighted by Crippen LogP contribution is 2.41. The van der Waals surface area contributed by atoms with Crippen LogP contribution in [0.15, 0.2) is 30.0 Å². The summed E-state index contributed by atoms with van der Waals surface area (Å²) in [6.45, 7) is 8.34. The van der Waals surface area contributed by atoms with Crippen LogP contribution in [0.25, 0.3) is 16.8 Å². The van der Waals surface area contributed by atoms with E-state index in [1.54, 1.807) is 52.8 Å². The lowest BCUT2D eigenvalue weighted by molar-refractivity contribution is -0.158. The number of ether oxygens (including phenoxy) is 1. The molecule has 3 rings (SSSR count). The number of hydrogen-bond donors (Lipinski definition) is 1. The highest BCUT2D eigenvalue weighted by molar-refractivity contribution is 6.26. The Hall–Kier alpha value is -2.61. The normalized spacial score (nSPS) is 19.0. The predicted molar refractivity (Wildman–Crippen MR) is 102 cm³/mol. The van der Waals surface area contributed by atoms with E-state index in [-0.39, 0.29) is 17.0 Å². The summed E-state index contributed by atoms with van der Waals surface area (Å²) >= 11 is 0. The van der Waals surface area contributed by atoms with Crippen LogP contribution in [0.3, 0.4) is 0 Å². The number of Topliss-reactive ketones (excluding diaryl/α,β-unsaturated/α-hetero) is 1. The fraction of sp³-hybridized carbons (Fsp3) is 0.429. The zero-order valence-electron chi connectivity index (χ0n) is 17.1. The van der Waals surface area contributed by atoms with Gasteiger partial charge >= 0.3 is 6.18 Å². The first-order valence-electron chi connectivity index (χ1n) is 9.06. The Balaban J connectivity index is 2.21. The highest BCUT2D eigenvalue weighted by atomic mass is 19.4. The molecule has 5 nitrogen and oxygen atoms in total. The second kappa shape index (κ2) is 6.45. The van der Waals surface area contributed by atoms with Gasteiger partial charge < -0.3 is 9.84 Å². The smallest absolute Gasteiger partial charge is 0.435 e. The molecule has 8 heteroatoms. The van der Waals surface area contributed by atoms with E-state index in [2.05, 4.69) is 5.10 Å². The van der Waals surface area contributed by atoms with E-state index in [9.17, 15) is 23.1 Å². The van der Waals surface area contributed by atoms with Crippen LogP contribution in [0.5, 0.6) is 0 Å². The van der Waals surface area contributed by atoms with E-state index in [0.717, 1.165) is 10.7 Å². The molecule has 0 amide bonds. The Morgan fingerprint density at radius 3 is 2.28 bits per heavy atom. The second-order valence-corrected chi connectivity index (χ2v) is 8.24. The number of rotatable bonds is 2. The maximum Gasteiger partial charge on any atom is 0.435 e. The number of benzene rings is 1. The van der Waals surface area contributed by atoms with Crippen LogP contribution >= 0.6 is 0 Å². The zero-order chi connectivity index (χ0) is 21.9. The molecule has 1 aliphatic heterocycles. The number of carbonyl (C=O) groups excluding carboxylic acids is 1. The van der Waals surface area contributed by atoms with E-state index >= 15 is 0 Å². The number of aromatic nitrogens is 2. The molecule has 2 heterocycles. The molecule has 0 fully saturated rings. The molecule has 1 aliphatic rings. The Labute approximate surface area is 166 Å². The Kier molecular flexibility index (Phi) is 4.69. The van der Waals surface area contributed by atoms with Gasteiger partial charge in [-0.15, -0.1) is 0 Å². The molecule has 0 aliphatic carbocycles. The van der Waals surface area contributed by atoms with Gasteiger partial charge in [-0.2, -0.15) is 18.3 Å². The number of alkyl halides is 3. The third-order valence-electron chi connectivity index (χ3n) is 5.06. The van der Waals surface area contributed by atoms with Gasteiger partial charge in [-0.3, -0.25) is 9.48 Å². The number of halogens is 3. The Morgan fingerprint density at radius 1 is 1.10 bits per heavy atom. The van der Waals surface area contributed by atoms with Gasteiger partial charge in [0.2, 0.25) is 0 Å². The Bertz CT molecular complexity index is 1030. The molecule has 0 atom stereocenters. The largest absolute Gasteiger partial charge is 0.508 e. The molecule has 0 saturated carbocycles. The van der Waals surface area contributed by atoms with Gasteiger partial charge in [0.05, 0.1) is 11.3 Å². The van der Waals surface area contributed by atoms with Crippen LogP contribution < -0.4 is 0 Å². The Morgan fingerprint density at radius 2 is 1.72 bits per heavy atom. The van der Waals surface area contributed by atoms with Gasteiger partial charge in [-0.05, 0) is 57.9 Å². The van der Waals surface area contributed by atoms with Crippen molar-refractivity contribution in [3.8, 4) is 11.3 Å². The van der Waals surface area contributed by atoms with E-state index in [1.807, 2.05) is 0 Å². The van der Waals surface area contributed by atoms with Crippen LogP contribution in [0.4, 0.5) is 13.2 Å². The molecule has 29 heavy (non-hydrogen) atoms. The van der Waals surface area contributed by atoms with Crippen molar-refractivity contribution in [1.82, 2.24) is 9.78 Å². The van der Waals surface area contributed by atoms with E-state index in [4.69, 9.17) is 4.74 Å². The molecule has 0 unspecified atom stereocenters. The molecular weight excluding hydrogens is 385 g/mol. The van der Waals surface area contributed by atoms with Crippen molar-refractivity contribution in [2.45, 2.75) is 52.0 Å². The fourth-order valence-corrected chi connectivity index (χ4v) is 3.62. The predicted octanol–water partition coefficient (Wildman–Crippen LogP) is 4.84. The third-order valence-corrected chi connectivity index (χ3v) is 5.06. The number of hydrogen-bond acceptors (Lipinski definition) is 4. The monoisotopic (exact) mass is 408 g/mol. The van der Waals surface area contributed by atoms with Crippen molar-refractivity contribution in [2.75, 3.05) is 0 Å². The average Bonchev–Trinajstić information content (AvgIpc) is 2.96. The fourth-order valence-electron chi connectivity index (χ4n) is 3.62. The lowest BCUT2D eigenvalue weighted by Crippen LogP contribution is -2.49. The van der Waals surface area contributed by atoms with E-state index < -0.39 is 28.9 Å². The molecule has 1 aromatic carbocycles. The number of aliphatic hydroxyl groups is 1. The number of ketones is 1. The van der Waals surface area contributed by atoms with Crippen molar-refractivity contribution in [1.29, 1.82) is 0 Å². The van der Waals surface area contributed by atoms with Crippen molar-refractivity contribution >= 4 is 11.4 Å². The standard InChI is InChI=1S/C21H23F3N2O3/c1-11-7-8-12(14-10-15(21(22,23)24)25-26(14)6)9-13(11)16-17(27)19(2,3)29-20(4,5)18(16)28/h7-10,27H,1-6H3. The lowest BCUT2D eigenvalue weighted by atomic mass is 9.81. The first-order chi connectivity index (χ1) is 13.1. The number of aryl methyl sites for hydroxylation is 2. The molecule has 0 bridgehead atoms. The quantitative estimate of drug-likeness (QED) is 0.772. The molecule has 2 aromatic rings. The minimum Gasteiger partial charge on any atom is -0.508 e. The second-order valence-electron chi connectivity index (χ2n) is 8.24. The van der Waals surface area contributed by atoms with Crippen molar-refractivity contribution in [3.63, 3.8) is 0 Å². The summed E-state index contributed by atoms with van der Waals surface area (Å²) in [5.41, 5.74) is -1.29. The zero-order valence-corrected chi connectivity index (χ0v) is 17.1. The van der Waals surface area contributed by atoms with Crippen LogP contribution in [-0.2, 0) is 22.8 Å². The summed E-state index contributed by atoms with van der Waals surface area (Å²) in [5.74, 6) is -0.598. The summed E-state index contributed by atoms with van der Waals surface area (Å²) in [5, 5.41) is 14.3. The summed E-state index contributed by atoms with van der Waals surface area (Å²) in [7, 11) is 1.42. The highest BCUT2D eigenvalue weighted by Gasteiger charge is 2.47. The van der Waals surface area contributed by atoms with Gasteiger partial charge in [-0.25, -0.2) is 0 Å². The van der Waals surface area contributed by atoms with E-state index in [1.165, 1.54) is 7.05 Å². The van der Waals surface area contributed by atoms with Crippen LogP contribution in [-0.4, -0.2) is 31.9 Å². The van der Waals surface area contributed by atoms with Crippen molar-refractivity contribution in [2.24, 2.45) is 7.05 Å². The minimum absolute atomic E-state index is 0.115. The van der Waals surface area contributed by atoms with Gasteiger partial charge in [0.25, 0.3) is 0 Å². The van der Waals surface area contributed by atoms with Crippen LogP contribution in [0, 0.1) is 6.92 Å². The minimum atomic E-state index is -4.56. The molecule has 0 spiro atoms. The molecule has 0 radical (unpaired) electrons. The topological polar surface area (TPSA) is 64.3 Å². The first-order valence-corrected chi connectivity index (χ1v) is 9.06. The van der Waals surface area contributed by atoms with Gasteiger partial charge in [0, 0.05) is 12.6 Å². The molecule has 156 valence electrons. The number of aliphatic hydroxyl groups excluding tert-OH is 1. The van der Waals surface area contributed by atoms with Gasteiger partial charge in [-0.1, -0.05) is 12.1 Å². The average molecular weight is 408 g/mol. The summed E-state index contributed by atoms with van der Waals surface area (Å²) in [6.07, 6.45) is -4.56. The van der Waals surface area contributed by atoms with E-state index in [0.29, 0.717) is 16.7 Å². The van der Waals surface area contributed by atoms with Crippen LogP contribution in [0.2, 0.25) is 0 Å². The third kappa shape index (κ3) is 3.57. The van der Waals surface area contributed by atoms with Crippen molar-refractivity contribution in [3.05, 3.63) is 46.8 Å². The summed E-state index contributed by atoms with van der Waals surface area (Å²) in [4.78, 5) is 13.0. The first kappa shape index (κ1) is 21.1. The lowest BCUT2D eigenvalue weighted by Gasteiger charge is -2.40. The maximum absolute atomic E-state index is 13.0. The SMILES string of the molecule is Cc1ccc(-c2cc(C(F)(F)F)nn2C)cc1C1=C(O)C(C)(C)OC(C)(C)C1=O. The van der Waals surface area contributed by atoms with Gasteiger partial charge in [0.1, 0.15) is 17.0 Å². The van der Waals surface area contributed by atoms with Crippen molar-refractivity contribution < 1.29 is 27.8 Å². The molecular formula is C21H23F3N2O3. The summed E-state index contributed by atoms with van der Waals surface area (Å²) < 4.78 is 46.0.